The van der Waals surface area contributed by atoms with Gasteiger partial charge in [-0.05, 0) is 30.7 Å². The molecule has 4 aromatic rings. The number of pyridine rings is 1. The Morgan fingerprint density at radius 2 is 1.80 bits per heavy atom. The summed E-state index contributed by atoms with van der Waals surface area (Å²) < 4.78 is 7.43. The van der Waals surface area contributed by atoms with Gasteiger partial charge < -0.3 is 20.9 Å². The zero-order valence-electron chi connectivity index (χ0n) is 22.9. The van der Waals surface area contributed by atoms with Gasteiger partial charge in [-0.15, -0.1) is 0 Å². The van der Waals surface area contributed by atoms with Crippen molar-refractivity contribution in [2.45, 2.75) is 19.6 Å². The summed E-state index contributed by atoms with van der Waals surface area (Å²) in [7, 11) is 4.21. The van der Waals surface area contributed by atoms with Crippen molar-refractivity contribution in [1.29, 1.82) is 0 Å². The fraction of sp³-hybridized carbons (Fsp3) is 0.241. The molecule has 0 fully saturated rings. The number of primary amides is 1. The van der Waals surface area contributed by atoms with Crippen LogP contribution in [-0.2, 0) is 20.6 Å². The summed E-state index contributed by atoms with van der Waals surface area (Å²) in [5, 5.41) is 12.9. The summed E-state index contributed by atoms with van der Waals surface area (Å²) >= 11 is 13.4. The molecule has 0 spiro atoms. The molecule has 10 nitrogen and oxygen atoms in total. The van der Waals surface area contributed by atoms with Crippen molar-refractivity contribution in [3.8, 4) is 39.5 Å². The molecule has 2 aromatic carbocycles. The average Bonchev–Trinajstić information content (AvgIpc) is 2.94. The largest absolute Gasteiger partial charge is 0.481 e. The molecular formula is C29H29Cl2N5O5. The van der Waals surface area contributed by atoms with E-state index in [0.29, 0.717) is 35.8 Å². The lowest BCUT2D eigenvalue weighted by molar-refractivity contribution is 0.0998. The Morgan fingerprint density at radius 1 is 1.10 bits per heavy atom. The number of carbonyl (C=O) groups excluding carboxylic acids is 1. The van der Waals surface area contributed by atoms with Crippen LogP contribution in [0, 0.1) is 0 Å². The number of methoxy groups -OCH3 is 1. The molecule has 0 aliphatic rings. The topological polar surface area (TPSA) is 141 Å². The fourth-order valence-electron chi connectivity index (χ4n) is 4.55. The normalized spacial score (nSPS) is 11.9. The van der Waals surface area contributed by atoms with Crippen LogP contribution >= 0.6 is 23.2 Å². The fourth-order valence-corrected chi connectivity index (χ4v) is 5.21. The number of nitrogens with zero attached hydrogens (tertiary/aromatic N) is 3. The molecule has 2 heterocycles. The highest BCUT2D eigenvalue weighted by Crippen LogP contribution is 2.42. The molecule has 4 rings (SSSR count). The Kier molecular flexibility index (Phi) is 8.98. The van der Waals surface area contributed by atoms with Gasteiger partial charge >= 0.3 is 5.69 Å². The maximum absolute atomic E-state index is 12.9. The summed E-state index contributed by atoms with van der Waals surface area (Å²) in [4.78, 5) is 42.6. The lowest BCUT2D eigenvalue weighted by Gasteiger charge is -2.18. The van der Waals surface area contributed by atoms with Gasteiger partial charge in [0, 0.05) is 49.4 Å². The van der Waals surface area contributed by atoms with Crippen LogP contribution in [-0.4, -0.2) is 44.9 Å². The quantitative estimate of drug-likeness (QED) is 0.268. The maximum atomic E-state index is 12.9. The Bertz CT molecular complexity index is 1760. The van der Waals surface area contributed by atoms with Gasteiger partial charge in [0.1, 0.15) is 5.56 Å². The molecule has 1 amide bonds. The molecule has 1 unspecified atom stereocenters. The highest BCUT2D eigenvalue weighted by molar-refractivity contribution is 6.41. The standard InChI is InChI=1S/C29H29Cl2N5O5/c1-15(37)13-33-14-18-8-11-21(34-27(18)41-4)17-7-5-6-16(12-17)19-9-10-20(30)22(24(19)31)25-23(26(32)38)28(39)36(3)29(40)35(25)2/h5-12,15,33,37H,13-14H2,1-4H3,(H2,32,38). The number of amides is 1. The first kappa shape index (κ1) is 30.0. The number of halogens is 2. The summed E-state index contributed by atoms with van der Waals surface area (Å²) in [6.07, 6.45) is -0.476. The smallest absolute Gasteiger partial charge is 0.330 e. The second kappa shape index (κ2) is 12.3. The molecule has 2 aromatic heterocycles. The van der Waals surface area contributed by atoms with E-state index in [1.165, 1.54) is 14.1 Å². The van der Waals surface area contributed by atoms with Gasteiger partial charge in [0.2, 0.25) is 5.88 Å². The van der Waals surface area contributed by atoms with Crippen molar-refractivity contribution in [3.63, 3.8) is 0 Å². The van der Waals surface area contributed by atoms with E-state index in [1.807, 2.05) is 36.4 Å². The number of carbonyl (C=O) groups is 1. The molecule has 0 radical (unpaired) electrons. The van der Waals surface area contributed by atoms with Gasteiger partial charge in [-0.2, -0.15) is 0 Å². The lowest BCUT2D eigenvalue weighted by atomic mass is 9.97. The molecule has 214 valence electrons. The lowest BCUT2D eigenvalue weighted by Crippen LogP contribution is -2.42. The van der Waals surface area contributed by atoms with Crippen molar-refractivity contribution in [2.24, 2.45) is 19.8 Å². The minimum absolute atomic E-state index is 0.0650. The molecule has 1 atom stereocenters. The van der Waals surface area contributed by atoms with Crippen LogP contribution in [0.2, 0.25) is 10.0 Å². The third kappa shape index (κ3) is 5.91. The summed E-state index contributed by atoms with van der Waals surface area (Å²) in [6.45, 7) is 2.61. The number of aromatic nitrogens is 3. The number of hydrogen-bond acceptors (Lipinski definition) is 7. The van der Waals surface area contributed by atoms with Gasteiger partial charge in [-0.1, -0.05) is 53.5 Å². The number of aliphatic hydroxyl groups is 1. The summed E-state index contributed by atoms with van der Waals surface area (Å²) in [5.41, 5.74) is 7.22. The van der Waals surface area contributed by atoms with E-state index >= 15 is 0 Å². The third-order valence-electron chi connectivity index (χ3n) is 6.60. The van der Waals surface area contributed by atoms with E-state index in [0.717, 1.165) is 20.3 Å². The highest BCUT2D eigenvalue weighted by atomic mass is 35.5. The molecule has 0 bridgehead atoms. The molecular weight excluding hydrogens is 569 g/mol. The van der Waals surface area contributed by atoms with Gasteiger partial charge in [0.15, 0.2) is 0 Å². The molecule has 0 aliphatic carbocycles. The van der Waals surface area contributed by atoms with Crippen LogP contribution in [0.4, 0.5) is 0 Å². The molecule has 41 heavy (non-hydrogen) atoms. The van der Waals surface area contributed by atoms with E-state index in [-0.39, 0.29) is 21.3 Å². The van der Waals surface area contributed by atoms with E-state index in [1.54, 1.807) is 26.2 Å². The molecule has 0 saturated carbocycles. The first-order valence-electron chi connectivity index (χ1n) is 12.6. The zero-order chi connectivity index (χ0) is 30.0. The number of aliphatic hydroxyl groups excluding tert-OH is 1. The van der Waals surface area contributed by atoms with Crippen LogP contribution in [0.3, 0.4) is 0 Å². The minimum Gasteiger partial charge on any atom is -0.481 e. The summed E-state index contributed by atoms with van der Waals surface area (Å²) in [5.74, 6) is -0.566. The van der Waals surface area contributed by atoms with E-state index in [9.17, 15) is 19.5 Å². The Labute approximate surface area is 245 Å². The van der Waals surface area contributed by atoms with E-state index in [4.69, 9.17) is 33.7 Å². The van der Waals surface area contributed by atoms with Crippen LogP contribution in [0.5, 0.6) is 5.88 Å². The number of hydrogen-bond donors (Lipinski definition) is 3. The Hall–Kier alpha value is -3.96. The van der Waals surface area contributed by atoms with Crippen molar-refractivity contribution in [2.75, 3.05) is 13.7 Å². The first-order chi connectivity index (χ1) is 19.5. The number of nitrogens with two attached hydrogens (primary N) is 1. The number of benzene rings is 2. The van der Waals surface area contributed by atoms with Crippen LogP contribution < -0.4 is 27.0 Å². The van der Waals surface area contributed by atoms with Crippen LogP contribution in [0.15, 0.2) is 58.1 Å². The SMILES string of the molecule is COc1nc(-c2cccc(-c3ccc(Cl)c(-c4c(C(N)=O)c(=O)n(C)c(=O)n4C)c3Cl)c2)ccc1CNCC(C)O. The first-order valence-corrected chi connectivity index (χ1v) is 13.3. The maximum Gasteiger partial charge on any atom is 0.330 e. The number of ether oxygens (including phenoxy) is 1. The number of nitrogens with one attached hydrogen (secondary N) is 1. The second-order valence-corrected chi connectivity index (χ2v) is 10.3. The van der Waals surface area contributed by atoms with Gasteiger partial charge in [-0.25, -0.2) is 9.78 Å². The van der Waals surface area contributed by atoms with Crippen LogP contribution in [0.25, 0.3) is 33.6 Å². The van der Waals surface area contributed by atoms with Crippen LogP contribution in [0.1, 0.15) is 22.8 Å². The third-order valence-corrected chi connectivity index (χ3v) is 7.30. The summed E-state index contributed by atoms with van der Waals surface area (Å²) in [6, 6.07) is 14.5. The predicted octanol–water partition coefficient (Wildman–Crippen LogP) is 3.36. The zero-order valence-corrected chi connectivity index (χ0v) is 24.4. The Balaban J connectivity index is 1.83. The van der Waals surface area contributed by atoms with E-state index < -0.39 is 28.8 Å². The van der Waals surface area contributed by atoms with Gasteiger partial charge in [-0.3, -0.25) is 18.7 Å². The van der Waals surface area contributed by atoms with Crippen molar-refractivity contribution >= 4 is 29.1 Å². The highest BCUT2D eigenvalue weighted by Gasteiger charge is 2.26. The van der Waals surface area contributed by atoms with Crippen molar-refractivity contribution in [1.82, 2.24) is 19.4 Å². The molecule has 4 N–H and O–H groups in total. The monoisotopic (exact) mass is 597 g/mol. The van der Waals surface area contributed by atoms with Crippen molar-refractivity contribution in [3.05, 3.63) is 90.5 Å². The van der Waals surface area contributed by atoms with Gasteiger partial charge in [0.05, 0.1) is 34.6 Å². The predicted molar refractivity (Wildman–Crippen MR) is 160 cm³/mol. The average molecular weight is 598 g/mol. The van der Waals surface area contributed by atoms with Gasteiger partial charge in [0.25, 0.3) is 11.5 Å². The number of rotatable bonds is 9. The van der Waals surface area contributed by atoms with E-state index in [2.05, 4.69) is 10.3 Å². The van der Waals surface area contributed by atoms with Crippen molar-refractivity contribution < 1.29 is 14.6 Å². The molecule has 12 heteroatoms. The molecule has 0 saturated heterocycles. The molecule has 0 aliphatic heterocycles. The minimum atomic E-state index is -1.01. The second-order valence-electron chi connectivity index (χ2n) is 9.50. The Morgan fingerprint density at radius 3 is 2.46 bits per heavy atom.